The summed E-state index contributed by atoms with van der Waals surface area (Å²) in [6.07, 6.45) is 0. The minimum atomic E-state index is -0.425. The SMILES string of the molecule is O=C(Nc1nc2c(ccc3ccccc32)s1)c1ccc(=O)n(CCOc2ccccc2)n1. The molecule has 0 saturated carbocycles. The van der Waals surface area contributed by atoms with Crippen LogP contribution in [0.5, 0.6) is 5.75 Å². The van der Waals surface area contributed by atoms with E-state index in [9.17, 15) is 9.59 Å². The summed E-state index contributed by atoms with van der Waals surface area (Å²) in [7, 11) is 0. The molecule has 1 amide bonds. The second-order valence-corrected chi connectivity index (χ2v) is 8.08. The molecule has 158 valence electrons. The molecule has 5 rings (SSSR count). The topological polar surface area (TPSA) is 86.1 Å². The van der Waals surface area contributed by atoms with E-state index in [1.165, 1.54) is 28.2 Å². The van der Waals surface area contributed by atoms with Crippen LogP contribution in [0.15, 0.2) is 83.7 Å². The first-order chi connectivity index (χ1) is 15.7. The Bertz CT molecular complexity index is 1480. The van der Waals surface area contributed by atoms with Crippen molar-refractivity contribution in [3.05, 3.63) is 94.9 Å². The van der Waals surface area contributed by atoms with Crippen LogP contribution in [-0.4, -0.2) is 27.3 Å². The Kier molecular flexibility index (Phi) is 5.35. The van der Waals surface area contributed by atoms with Gasteiger partial charge in [0.15, 0.2) is 5.13 Å². The molecule has 5 aromatic rings. The number of fused-ring (bicyclic) bond motifs is 3. The van der Waals surface area contributed by atoms with E-state index >= 15 is 0 Å². The van der Waals surface area contributed by atoms with Gasteiger partial charge in [-0.05, 0) is 29.7 Å². The lowest BCUT2D eigenvalue weighted by molar-refractivity contribution is 0.101. The predicted molar refractivity (Wildman–Crippen MR) is 126 cm³/mol. The van der Waals surface area contributed by atoms with Crippen molar-refractivity contribution < 1.29 is 9.53 Å². The molecule has 0 saturated heterocycles. The van der Waals surface area contributed by atoms with Crippen LogP contribution in [0.4, 0.5) is 5.13 Å². The number of hydrogen-bond acceptors (Lipinski definition) is 6. The summed E-state index contributed by atoms with van der Waals surface area (Å²) >= 11 is 1.39. The Labute approximate surface area is 186 Å². The zero-order chi connectivity index (χ0) is 21.9. The average molecular weight is 443 g/mol. The van der Waals surface area contributed by atoms with Crippen LogP contribution in [0.1, 0.15) is 10.5 Å². The highest BCUT2D eigenvalue weighted by Crippen LogP contribution is 2.31. The third-order valence-corrected chi connectivity index (χ3v) is 5.85. The minimum absolute atomic E-state index is 0.133. The summed E-state index contributed by atoms with van der Waals surface area (Å²) in [5.41, 5.74) is 0.678. The van der Waals surface area contributed by atoms with Crippen molar-refractivity contribution in [2.75, 3.05) is 11.9 Å². The maximum Gasteiger partial charge on any atom is 0.277 e. The Morgan fingerprint density at radius 1 is 0.969 bits per heavy atom. The third kappa shape index (κ3) is 4.08. The Balaban J connectivity index is 1.32. The summed E-state index contributed by atoms with van der Waals surface area (Å²) < 4.78 is 7.83. The van der Waals surface area contributed by atoms with Crippen molar-refractivity contribution in [3.63, 3.8) is 0 Å². The number of thiazole rings is 1. The largest absolute Gasteiger partial charge is 0.492 e. The number of ether oxygens (including phenoxy) is 1. The van der Waals surface area contributed by atoms with Crippen molar-refractivity contribution in [2.24, 2.45) is 0 Å². The van der Waals surface area contributed by atoms with Crippen LogP contribution >= 0.6 is 11.3 Å². The molecule has 8 heteroatoms. The van der Waals surface area contributed by atoms with E-state index in [2.05, 4.69) is 15.4 Å². The van der Waals surface area contributed by atoms with Crippen LogP contribution in [0.3, 0.4) is 0 Å². The lowest BCUT2D eigenvalue weighted by atomic mass is 10.1. The standard InChI is InChI=1S/C24H18N4O3S/c29-21-13-11-19(27-28(21)14-15-31-17-7-2-1-3-8-17)23(30)26-24-25-22-18-9-5-4-6-16(18)10-12-20(22)32-24/h1-13H,14-15H2,(H,25,26,30). The van der Waals surface area contributed by atoms with Gasteiger partial charge < -0.3 is 4.74 Å². The number of nitrogens with zero attached hydrogens (tertiary/aromatic N) is 3. The number of carbonyl (C=O) groups excluding carboxylic acids is 1. The Morgan fingerprint density at radius 3 is 2.66 bits per heavy atom. The number of hydrogen-bond donors (Lipinski definition) is 1. The second-order valence-electron chi connectivity index (χ2n) is 7.05. The molecule has 0 aliphatic rings. The number of amides is 1. The van der Waals surface area contributed by atoms with Crippen LogP contribution in [-0.2, 0) is 6.54 Å². The van der Waals surface area contributed by atoms with E-state index in [0.29, 0.717) is 10.9 Å². The van der Waals surface area contributed by atoms with Gasteiger partial charge in [-0.3, -0.25) is 14.9 Å². The summed E-state index contributed by atoms with van der Waals surface area (Å²) in [4.78, 5) is 29.5. The number of aromatic nitrogens is 3. The van der Waals surface area contributed by atoms with Crippen LogP contribution in [0.25, 0.3) is 21.0 Å². The second kappa shape index (κ2) is 8.60. The van der Waals surface area contributed by atoms with Crippen molar-refractivity contribution >= 4 is 43.4 Å². The first kappa shape index (κ1) is 19.9. The van der Waals surface area contributed by atoms with E-state index in [-0.39, 0.29) is 24.4 Å². The zero-order valence-electron chi connectivity index (χ0n) is 16.9. The van der Waals surface area contributed by atoms with Gasteiger partial charge in [-0.25, -0.2) is 9.67 Å². The van der Waals surface area contributed by atoms with Crippen LogP contribution < -0.4 is 15.6 Å². The number of carbonyl (C=O) groups is 1. The number of rotatable bonds is 6. The van der Waals surface area contributed by atoms with Crippen molar-refractivity contribution in [2.45, 2.75) is 6.54 Å². The number of anilines is 1. The van der Waals surface area contributed by atoms with E-state index in [1.54, 1.807) is 0 Å². The van der Waals surface area contributed by atoms with E-state index < -0.39 is 5.91 Å². The average Bonchev–Trinajstić information content (AvgIpc) is 3.24. The van der Waals surface area contributed by atoms with Gasteiger partial charge in [-0.2, -0.15) is 5.10 Å². The molecule has 0 unspecified atom stereocenters. The van der Waals surface area contributed by atoms with Crippen LogP contribution in [0, 0.1) is 0 Å². The van der Waals surface area contributed by atoms with Crippen LogP contribution in [0.2, 0.25) is 0 Å². The molecule has 0 spiro atoms. The monoisotopic (exact) mass is 442 g/mol. The molecule has 0 fully saturated rings. The maximum absolute atomic E-state index is 12.8. The first-order valence-electron chi connectivity index (χ1n) is 10.0. The Morgan fingerprint density at radius 2 is 1.78 bits per heavy atom. The third-order valence-electron chi connectivity index (χ3n) is 4.92. The molecule has 2 aromatic heterocycles. The molecule has 0 radical (unpaired) electrons. The molecule has 0 aliphatic carbocycles. The number of para-hydroxylation sites is 1. The molecule has 0 bridgehead atoms. The van der Waals surface area contributed by atoms with Crippen molar-refractivity contribution in [1.29, 1.82) is 0 Å². The first-order valence-corrected chi connectivity index (χ1v) is 10.8. The van der Waals surface area contributed by atoms with Crippen molar-refractivity contribution in [3.8, 4) is 5.75 Å². The minimum Gasteiger partial charge on any atom is -0.492 e. The van der Waals surface area contributed by atoms with Crippen molar-refractivity contribution in [1.82, 2.24) is 14.8 Å². The molecule has 32 heavy (non-hydrogen) atoms. The summed E-state index contributed by atoms with van der Waals surface area (Å²) in [6.45, 7) is 0.481. The molecular weight excluding hydrogens is 424 g/mol. The fraction of sp³-hybridized carbons (Fsp3) is 0.0833. The van der Waals surface area contributed by atoms with Gasteiger partial charge in [-0.15, -0.1) is 0 Å². The van der Waals surface area contributed by atoms with Gasteiger partial charge in [0.2, 0.25) is 0 Å². The van der Waals surface area contributed by atoms with Gasteiger partial charge in [0.25, 0.3) is 11.5 Å². The normalized spacial score (nSPS) is 11.0. The predicted octanol–water partition coefficient (Wildman–Crippen LogP) is 4.34. The highest BCUT2D eigenvalue weighted by Gasteiger charge is 2.14. The molecule has 0 aliphatic heterocycles. The molecule has 7 nitrogen and oxygen atoms in total. The van der Waals surface area contributed by atoms with Gasteiger partial charge in [-0.1, -0.05) is 59.9 Å². The summed E-state index contributed by atoms with van der Waals surface area (Å²) in [6, 6.07) is 24.1. The smallest absolute Gasteiger partial charge is 0.277 e. The molecule has 1 N–H and O–H groups in total. The highest BCUT2D eigenvalue weighted by atomic mass is 32.1. The summed E-state index contributed by atoms with van der Waals surface area (Å²) in [5.74, 6) is 0.281. The van der Waals surface area contributed by atoms with E-state index in [0.717, 1.165) is 21.0 Å². The molecular formula is C24H18N4O3S. The molecule has 2 heterocycles. The zero-order valence-corrected chi connectivity index (χ0v) is 17.7. The maximum atomic E-state index is 12.8. The lowest BCUT2D eigenvalue weighted by Crippen LogP contribution is -2.28. The number of nitrogens with one attached hydrogen (secondary N) is 1. The highest BCUT2D eigenvalue weighted by molar-refractivity contribution is 7.22. The lowest BCUT2D eigenvalue weighted by Gasteiger charge is -2.08. The van der Waals surface area contributed by atoms with E-state index in [4.69, 9.17) is 4.74 Å². The fourth-order valence-corrected chi connectivity index (χ4v) is 4.25. The van der Waals surface area contributed by atoms with E-state index in [1.807, 2.05) is 66.7 Å². The van der Waals surface area contributed by atoms with Gasteiger partial charge in [0, 0.05) is 11.5 Å². The number of benzene rings is 3. The quantitative estimate of drug-likeness (QED) is 0.423. The molecule has 0 atom stereocenters. The molecule has 3 aromatic carbocycles. The van der Waals surface area contributed by atoms with Gasteiger partial charge in [0.1, 0.15) is 18.1 Å². The Hall–Kier alpha value is -4.04. The van der Waals surface area contributed by atoms with Gasteiger partial charge in [0.05, 0.1) is 16.8 Å². The fourth-order valence-electron chi connectivity index (χ4n) is 3.37. The van der Waals surface area contributed by atoms with Gasteiger partial charge >= 0.3 is 0 Å². The summed E-state index contributed by atoms with van der Waals surface area (Å²) in [5, 5.41) is 9.60.